The highest BCUT2D eigenvalue weighted by Gasteiger charge is 2.16. The highest BCUT2D eigenvalue weighted by molar-refractivity contribution is 7.98. The van der Waals surface area contributed by atoms with E-state index in [2.05, 4.69) is 15.3 Å². The average molecular weight is 400 g/mol. The molecule has 146 valence electrons. The van der Waals surface area contributed by atoms with Crippen LogP contribution >= 0.6 is 11.8 Å². The van der Waals surface area contributed by atoms with Crippen molar-refractivity contribution in [2.45, 2.75) is 24.1 Å². The van der Waals surface area contributed by atoms with E-state index < -0.39 is 5.56 Å². The summed E-state index contributed by atoms with van der Waals surface area (Å²) in [6, 6.07) is 8.64. The van der Waals surface area contributed by atoms with Crippen LogP contribution in [0.1, 0.15) is 18.4 Å². The number of benzene rings is 1. The van der Waals surface area contributed by atoms with Gasteiger partial charge in [0.25, 0.3) is 11.5 Å². The van der Waals surface area contributed by atoms with Gasteiger partial charge in [-0.3, -0.25) is 9.59 Å². The molecule has 9 heteroatoms. The predicted octanol–water partition coefficient (Wildman–Crippen LogP) is 1.70. The Morgan fingerprint density at radius 1 is 1.46 bits per heavy atom. The second-order valence-electron chi connectivity index (χ2n) is 6.16. The number of nitrogens with one attached hydrogen (secondary N) is 2. The summed E-state index contributed by atoms with van der Waals surface area (Å²) in [5.41, 5.74) is 0.421. The van der Waals surface area contributed by atoms with Gasteiger partial charge < -0.3 is 19.8 Å². The molecule has 0 bridgehead atoms. The number of hydrogen-bond acceptors (Lipinski definition) is 7. The predicted molar refractivity (Wildman–Crippen MR) is 104 cm³/mol. The monoisotopic (exact) mass is 400 g/mol. The van der Waals surface area contributed by atoms with Gasteiger partial charge in [-0.25, -0.2) is 4.98 Å². The molecule has 1 fully saturated rings. The summed E-state index contributed by atoms with van der Waals surface area (Å²) < 4.78 is 10.9. The fourth-order valence-corrected chi connectivity index (χ4v) is 3.18. The van der Waals surface area contributed by atoms with Crippen LogP contribution in [-0.4, -0.2) is 48.0 Å². The minimum atomic E-state index is -0.472. The van der Waals surface area contributed by atoms with Crippen molar-refractivity contribution < 1.29 is 14.3 Å². The summed E-state index contributed by atoms with van der Waals surface area (Å²) in [6.45, 7) is 1.14. The fraction of sp³-hybridized carbons (Fsp3) is 0.368. The molecule has 1 amide bonds. The second-order valence-corrected chi connectivity index (χ2v) is 6.96. The average Bonchev–Trinajstić information content (AvgIpc) is 3.24. The van der Waals surface area contributed by atoms with E-state index in [-0.39, 0.29) is 24.2 Å². The van der Waals surface area contributed by atoms with E-state index in [9.17, 15) is 14.9 Å². The van der Waals surface area contributed by atoms with Crippen LogP contribution in [0.4, 0.5) is 0 Å². The Kier molecular flexibility index (Phi) is 6.68. The zero-order valence-electron chi connectivity index (χ0n) is 15.4. The minimum absolute atomic E-state index is 0.0417. The molecule has 3 rings (SSSR count). The molecule has 28 heavy (non-hydrogen) atoms. The molecule has 1 aromatic carbocycles. The van der Waals surface area contributed by atoms with Gasteiger partial charge >= 0.3 is 0 Å². The Bertz CT molecular complexity index is 930. The van der Waals surface area contributed by atoms with E-state index in [0.717, 1.165) is 19.4 Å². The molecule has 1 aromatic heterocycles. The number of amides is 1. The Balaban J connectivity index is 1.62. The van der Waals surface area contributed by atoms with Gasteiger partial charge in [-0.2, -0.15) is 5.26 Å². The van der Waals surface area contributed by atoms with E-state index >= 15 is 0 Å². The number of hydrogen-bond donors (Lipinski definition) is 2. The van der Waals surface area contributed by atoms with Gasteiger partial charge in [-0.1, -0.05) is 11.8 Å². The Morgan fingerprint density at radius 2 is 2.25 bits per heavy atom. The molecule has 1 unspecified atom stereocenters. The lowest BCUT2D eigenvalue weighted by Gasteiger charge is -2.11. The van der Waals surface area contributed by atoms with Crippen molar-refractivity contribution in [1.29, 1.82) is 5.26 Å². The van der Waals surface area contributed by atoms with Crippen LogP contribution in [0.3, 0.4) is 0 Å². The van der Waals surface area contributed by atoms with Crippen LogP contribution in [0.5, 0.6) is 5.75 Å². The first-order valence-electron chi connectivity index (χ1n) is 8.80. The maximum atomic E-state index is 12.0. The summed E-state index contributed by atoms with van der Waals surface area (Å²) in [4.78, 5) is 30.8. The summed E-state index contributed by atoms with van der Waals surface area (Å²) in [5.74, 6) is 0.289. The SMILES string of the molecule is CSc1nc(-c2ccc(OCC(=O)NCC3CCCO3)cc2)c(C#N)c(=O)[nH]1. The van der Waals surface area contributed by atoms with Crippen molar-refractivity contribution in [3.05, 3.63) is 40.2 Å². The van der Waals surface area contributed by atoms with Crippen LogP contribution in [0.2, 0.25) is 0 Å². The van der Waals surface area contributed by atoms with Gasteiger partial charge in [0.05, 0.1) is 11.8 Å². The second kappa shape index (κ2) is 9.39. The molecule has 1 atom stereocenters. The number of ether oxygens (including phenoxy) is 2. The maximum absolute atomic E-state index is 12.0. The third-order valence-corrected chi connectivity index (χ3v) is 4.83. The largest absolute Gasteiger partial charge is 0.484 e. The van der Waals surface area contributed by atoms with Crippen molar-refractivity contribution in [2.75, 3.05) is 26.0 Å². The zero-order valence-corrected chi connectivity index (χ0v) is 16.2. The Hall–Kier alpha value is -2.83. The van der Waals surface area contributed by atoms with Crippen molar-refractivity contribution in [1.82, 2.24) is 15.3 Å². The Labute approximate surface area is 166 Å². The van der Waals surface area contributed by atoms with Crippen molar-refractivity contribution in [3.8, 4) is 23.1 Å². The quantitative estimate of drug-likeness (QED) is 0.537. The van der Waals surface area contributed by atoms with Crippen LogP contribution in [-0.2, 0) is 9.53 Å². The third kappa shape index (κ3) is 4.91. The number of aromatic nitrogens is 2. The molecule has 0 aliphatic carbocycles. The molecule has 1 aliphatic heterocycles. The third-order valence-electron chi connectivity index (χ3n) is 4.25. The molecular formula is C19H20N4O4S. The smallest absolute Gasteiger partial charge is 0.270 e. The highest BCUT2D eigenvalue weighted by Crippen LogP contribution is 2.23. The molecule has 2 N–H and O–H groups in total. The molecule has 1 aliphatic rings. The lowest BCUT2D eigenvalue weighted by molar-refractivity contribution is -0.123. The van der Waals surface area contributed by atoms with Crippen LogP contribution in [0.25, 0.3) is 11.3 Å². The summed E-state index contributed by atoms with van der Waals surface area (Å²) >= 11 is 1.28. The van der Waals surface area contributed by atoms with Gasteiger partial charge in [0, 0.05) is 18.7 Å². The normalized spacial score (nSPS) is 15.8. The van der Waals surface area contributed by atoms with Gasteiger partial charge in [-0.05, 0) is 43.4 Å². The van der Waals surface area contributed by atoms with Crippen molar-refractivity contribution in [3.63, 3.8) is 0 Å². The number of aromatic amines is 1. The zero-order chi connectivity index (χ0) is 19.9. The molecule has 1 saturated heterocycles. The molecule has 0 radical (unpaired) electrons. The summed E-state index contributed by atoms with van der Waals surface area (Å²) in [6.07, 6.45) is 3.86. The van der Waals surface area contributed by atoms with Gasteiger partial charge in [0.2, 0.25) is 0 Å². The highest BCUT2D eigenvalue weighted by atomic mass is 32.2. The molecule has 8 nitrogen and oxygen atoms in total. The lowest BCUT2D eigenvalue weighted by Crippen LogP contribution is -2.35. The summed E-state index contributed by atoms with van der Waals surface area (Å²) in [7, 11) is 0. The minimum Gasteiger partial charge on any atom is -0.484 e. The van der Waals surface area contributed by atoms with E-state index in [1.54, 1.807) is 30.5 Å². The van der Waals surface area contributed by atoms with E-state index in [1.165, 1.54) is 11.8 Å². The van der Waals surface area contributed by atoms with E-state index in [1.807, 2.05) is 6.07 Å². The summed E-state index contributed by atoms with van der Waals surface area (Å²) in [5, 5.41) is 12.5. The van der Waals surface area contributed by atoms with Gasteiger partial charge in [0.15, 0.2) is 11.8 Å². The van der Waals surface area contributed by atoms with Crippen LogP contribution < -0.4 is 15.6 Å². The number of nitriles is 1. The molecular weight excluding hydrogens is 380 g/mol. The number of nitrogens with zero attached hydrogens (tertiary/aromatic N) is 2. The number of H-pyrrole nitrogens is 1. The van der Waals surface area contributed by atoms with Crippen molar-refractivity contribution in [2.24, 2.45) is 0 Å². The lowest BCUT2D eigenvalue weighted by atomic mass is 10.1. The first-order chi connectivity index (χ1) is 13.6. The first kappa shape index (κ1) is 19.9. The molecule has 0 spiro atoms. The van der Waals surface area contributed by atoms with E-state index in [4.69, 9.17) is 9.47 Å². The van der Waals surface area contributed by atoms with Gasteiger partial charge in [0.1, 0.15) is 17.4 Å². The molecule has 2 aromatic rings. The van der Waals surface area contributed by atoms with Crippen LogP contribution in [0, 0.1) is 11.3 Å². The van der Waals surface area contributed by atoms with E-state index in [0.29, 0.717) is 28.7 Å². The van der Waals surface area contributed by atoms with Crippen LogP contribution in [0.15, 0.2) is 34.2 Å². The fourth-order valence-electron chi connectivity index (χ4n) is 2.80. The molecule has 0 saturated carbocycles. The topological polar surface area (TPSA) is 117 Å². The first-order valence-corrected chi connectivity index (χ1v) is 10.0. The standard InChI is InChI=1S/C19H20N4O4S/c1-28-19-22-17(15(9-20)18(25)23-19)12-4-6-13(7-5-12)27-11-16(24)21-10-14-3-2-8-26-14/h4-7,14H,2-3,8,10-11H2,1H3,(H,21,24)(H,22,23,25). The molecule has 2 heterocycles. The Morgan fingerprint density at radius 3 is 2.89 bits per heavy atom. The van der Waals surface area contributed by atoms with Crippen molar-refractivity contribution >= 4 is 17.7 Å². The number of carbonyl (C=O) groups is 1. The number of thioether (sulfide) groups is 1. The number of rotatable bonds is 7. The number of carbonyl (C=O) groups excluding carboxylic acids is 1. The van der Waals surface area contributed by atoms with Gasteiger partial charge in [-0.15, -0.1) is 0 Å². The maximum Gasteiger partial charge on any atom is 0.270 e.